The van der Waals surface area contributed by atoms with E-state index in [9.17, 15) is 9.59 Å². The van der Waals surface area contributed by atoms with E-state index in [0.29, 0.717) is 11.5 Å². The van der Waals surface area contributed by atoms with Crippen molar-refractivity contribution in [3.63, 3.8) is 0 Å². The zero-order valence-corrected chi connectivity index (χ0v) is 9.71. The van der Waals surface area contributed by atoms with Gasteiger partial charge in [0.15, 0.2) is 5.76 Å². The molecule has 2 aromatic rings. The third-order valence-corrected chi connectivity index (χ3v) is 2.36. The highest BCUT2D eigenvalue weighted by Gasteiger charge is 2.10. The van der Waals surface area contributed by atoms with Crippen molar-refractivity contribution >= 4 is 5.91 Å². The molecule has 0 fully saturated rings. The summed E-state index contributed by atoms with van der Waals surface area (Å²) in [6.07, 6.45) is 1.43. The summed E-state index contributed by atoms with van der Waals surface area (Å²) in [5, 5.41) is 0. The molecule has 0 aliphatic heterocycles. The van der Waals surface area contributed by atoms with Crippen molar-refractivity contribution in [1.29, 1.82) is 0 Å². The van der Waals surface area contributed by atoms with Gasteiger partial charge in [0.2, 0.25) is 0 Å². The molecule has 0 aliphatic rings. The predicted octanol–water partition coefficient (Wildman–Crippen LogP) is -0.203. The molecular formula is C11H12N4O3. The molecule has 0 bridgehead atoms. The Hall–Kier alpha value is -2.41. The van der Waals surface area contributed by atoms with Crippen LogP contribution in [0.3, 0.4) is 0 Å². The molecule has 0 aromatic carbocycles. The Morgan fingerprint density at radius 3 is 3.00 bits per heavy atom. The Morgan fingerprint density at radius 2 is 2.33 bits per heavy atom. The number of amides is 1. The first kappa shape index (κ1) is 12.1. The maximum atomic E-state index is 11.6. The molecule has 0 spiro atoms. The highest BCUT2D eigenvalue weighted by atomic mass is 16.4. The number of furan rings is 1. The van der Waals surface area contributed by atoms with Crippen molar-refractivity contribution in [1.82, 2.24) is 15.0 Å². The number of nitrogens with two attached hydrogens (primary N) is 1. The minimum atomic E-state index is -0.518. The fourth-order valence-electron chi connectivity index (χ4n) is 1.46. The lowest BCUT2D eigenvalue weighted by molar-refractivity contribution is 0.0924. The Bertz CT molecular complexity index is 629. The first-order valence-corrected chi connectivity index (χ1v) is 5.23. The zero-order chi connectivity index (χ0) is 13.1. The maximum absolute atomic E-state index is 11.6. The molecule has 7 nitrogen and oxygen atoms in total. The second-order valence-corrected chi connectivity index (χ2v) is 3.74. The van der Waals surface area contributed by atoms with Crippen molar-refractivity contribution < 1.29 is 9.21 Å². The lowest BCUT2D eigenvalue weighted by atomic mass is 10.4. The van der Waals surface area contributed by atoms with Crippen LogP contribution in [0.25, 0.3) is 0 Å². The predicted molar refractivity (Wildman–Crippen MR) is 62.7 cm³/mol. The van der Waals surface area contributed by atoms with Crippen LogP contribution in [0, 0.1) is 6.92 Å². The summed E-state index contributed by atoms with van der Waals surface area (Å²) in [7, 11) is 0. The summed E-state index contributed by atoms with van der Waals surface area (Å²) in [6, 6.07) is 4.53. The van der Waals surface area contributed by atoms with Crippen molar-refractivity contribution in [3.8, 4) is 0 Å². The topological polar surface area (TPSA) is 103 Å². The van der Waals surface area contributed by atoms with E-state index >= 15 is 0 Å². The minimum absolute atomic E-state index is 0.0978. The normalized spacial score (nSPS) is 10.3. The summed E-state index contributed by atoms with van der Waals surface area (Å²) >= 11 is 0. The Labute approximate surface area is 102 Å². The average Bonchev–Trinajstić information content (AvgIpc) is 2.80. The molecule has 0 radical (unpaired) electrons. The number of nitrogens with zero attached hydrogens (tertiary/aromatic N) is 2. The second kappa shape index (κ2) is 4.84. The van der Waals surface area contributed by atoms with Crippen LogP contribution in [0.1, 0.15) is 22.0 Å². The molecule has 1 amide bonds. The lowest BCUT2D eigenvalue weighted by Crippen LogP contribution is -2.29. The number of hydrogen-bond acceptors (Lipinski definition) is 5. The summed E-state index contributed by atoms with van der Waals surface area (Å²) in [4.78, 5) is 26.8. The third kappa shape index (κ3) is 2.46. The second-order valence-electron chi connectivity index (χ2n) is 3.74. The fraction of sp³-hybridized carbons (Fsp3) is 0.182. The summed E-state index contributed by atoms with van der Waals surface area (Å²) in [6.45, 7) is 1.95. The monoisotopic (exact) mass is 248 g/mol. The SMILES string of the molecule is Cc1cc(=O)n(Cc2ccc(C(=O)NN)o2)cn1. The molecule has 2 heterocycles. The van der Waals surface area contributed by atoms with Gasteiger partial charge in [0, 0.05) is 11.8 Å². The van der Waals surface area contributed by atoms with Gasteiger partial charge in [0.25, 0.3) is 5.56 Å². The van der Waals surface area contributed by atoms with E-state index in [-0.39, 0.29) is 17.9 Å². The van der Waals surface area contributed by atoms with Gasteiger partial charge in [-0.05, 0) is 19.1 Å². The molecule has 0 saturated heterocycles. The van der Waals surface area contributed by atoms with E-state index in [2.05, 4.69) is 4.98 Å². The smallest absolute Gasteiger partial charge is 0.300 e. The van der Waals surface area contributed by atoms with Crippen molar-refractivity contribution in [2.75, 3.05) is 0 Å². The average molecular weight is 248 g/mol. The van der Waals surface area contributed by atoms with Gasteiger partial charge in [0.05, 0.1) is 12.9 Å². The van der Waals surface area contributed by atoms with Gasteiger partial charge in [0.1, 0.15) is 5.76 Å². The molecule has 18 heavy (non-hydrogen) atoms. The van der Waals surface area contributed by atoms with Gasteiger partial charge >= 0.3 is 5.91 Å². The van der Waals surface area contributed by atoms with Crippen LogP contribution in [0.4, 0.5) is 0 Å². The van der Waals surface area contributed by atoms with E-state index in [4.69, 9.17) is 10.3 Å². The van der Waals surface area contributed by atoms with Crippen LogP contribution in [-0.4, -0.2) is 15.5 Å². The molecule has 0 atom stereocenters. The first-order chi connectivity index (χ1) is 8.60. The largest absolute Gasteiger partial charge is 0.454 e. The number of hydrogen-bond donors (Lipinski definition) is 2. The van der Waals surface area contributed by atoms with Crippen LogP contribution in [0.2, 0.25) is 0 Å². The van der Waals surface area contributed by atoms with Gasteiger partial charge in [-0.15, -0.1) is 0 Å². The van der Waals surface area contributed by atoms with Crippen LogP contribution in [0.15, 0.2) is 33.7 Å². The number of carbonyl (C=O) groups is 1. The van der Waals surface area contributed by atoms with Crippen LogP contribution >= 0.6 is 0 Å². The van der Waals surface area contributed by atoms with Crippen molar-refractivity contribution in [3.05, 3.63) is 52.1 Å². The van der Waals surface area contributed by atoms with Crippen LogP contribution in [0.5, 0.6) is 0 Å². The quantitative estimate of drug-likeness (QED) is 0.444. The van der Waals surface area contributed by atoms with Gasteiger partial charge in [-0.1, -0.05) is 0 Å². The van der Waals surface area contributed by atoms with Gasteiger partial charge in [-0.3, -0.25) is 19.6 Å². The molecule has 7 heteroatoms. The number of aromatic nitrogens is 2. The number of rotatable bonds is 3. The Kier molecular flexibility index (Phi) is 3.24. The fourth-order valence-corrected chi connectivity index (χ4v) is 1.46. The van der Waals surface area contributed by atoms with E-state index < -0.39 is 5.91 Å². The molecule has 2 rings (SSSR count). The van der Waals surface area contributed by atoms with E-state index in [1.807, 2.05) is 5.43 Å². The van der Waals surface area contributed by atoms with Crippen LogP contribution < -0.4 is 16.8 Å². The molecule has 3 N–H and O–H groups in total. The van der Waals surface area contributed by atoms with Crippen molar-refractivity contribution in [2.45, 2.75) is 13.5 Å². The van der Waals surface area contributed by atoms with Gasteiger partial charge in [-0.2, -0.15) is 0 Å². The highest BCUT2D eigenvalue weighted by Crippen LogP contribution is 2.08. The third-order valence-electron chi connectivity index (χ3n) is 2.36. The zero-order valence-electron chi connectivity index (χ0n) is 9.71. The summed E-state index contributed by atoms with van der Waals surface area (Å²) < 4.78 is 6.63. The molecule has 0 aliphatic carbocycles. The van der Waals surface area contributed by atoms with Crippen LogP contribution in [-0.2, 0) is 6.54 Å². The van der Waals surface area contributed by atoms with E-state index in [1.165, 1.54) is 23.0 Å². The molecule has 0 unspecified atom stereocenters. The minimum Gasteiger partial charge on any atom is -0.454 e. The number of nitrogen functional groups attached to an aromatic ring is 1. The standard InChI is InChI=1S/C11H12N4O3/c1-7-4-10(16)15(6-13-7)5-8-2-3-9(18-8)11(17)14-12/h2-4,6H,5,12H2,1H3,(H,14,17). The molecule has 0 saturated carbocycles. The number of aryl methyl sites for hydroxylation is 1. The molecule has 2 aromatic heterocycles. The first-order valence-electron chi connectivity index (χ1n) is 5.23. The summed E-state index contributed by atoms with van der Waals surface area (Å²) in [5.41, 5.74) is 2.44. The Balaban J connectivity index is 2.21. The maximum Gasteiger partial charge on any atom is 0.300 e. The van der Waals surface area contributed by atoms with E-state index in [1.54, 1.807) is 13.0 Å². The number of nitrogens with one attached hydrogen (secondary N) is 1. The number of carbonyl (C=O) groups excluding carboxylic acids is 1. The van der Waals surface area contributed by atoms with Gasteiger partial charge in [-0.25, -0.2) is 10.8 Å². The molecule has 94 valence electrons. The van der Waals surface area contributed by atoms with E-state index in [0.717, 1.165) is 0 Å². The number of hydrazine groups is 1. The van der Waals surface area contributed by atoms with Gasteiger partial charge < -0.3 is 4.42 Å². The lowest BCUT2D eigenvalue weighted by Gasteiger charge is -2.02. The Morgan fingerprint density at radius 1 is 1.56 bits per heavy atom. The van der Waals surface area contributed by atoms with Crippen molar-refractivity contribution in [2.24, 2.45) is 5.84 Å². The molecular weight excluding hydrogens is 236 g/mol. The summed E-state index contributed by atoms with van der Waals surface area (Å²) in [5.74, 6) is 5.04. The highest BCUT2D eigenvalue weighted by molar-refractivity contribution is 5.90.